The van der Waals surface area contributed by atoms with Gasteiger partial charge in [0, 0.05) is 32.8 Å². The molecule has 1 atom stereocenters. The highest BCUT2D eigenvalue weighted by Crippen LogP contribution is 2.22. The summed E-state index contributed by atoms with van der Waals surface area (Å²) in [6.07, 6.45) is 1.16. The Bertz CT molecular complexity index is 381. The number of hydrogen-bond donors (Lipinski definition) is 0. The van der Waals surface area contributed by atoms with Crippen molar-refractivity contribution in [2.45, 2.75) is 19.0 Å². The standard InChI is InChI=1S/C15H24N2O/c1-16(8-9-18-3)12-15-10-13-6-4-5-7-14(13)11-17(15)2/h4-7,15H,8-12H2,1-3H3. The Labute approximate surface area is 110 Å². The highest BCUT2D eigenvalue weighted by molar-refractivity contribution is 5.30. The summed E-state index contributed by atoms with van der Waals surface area (Å²) < 4.78 is 5.13. The van der Waals surface area contributed by atoms with Crippen molar-refractivity contribution in [3.8, 4) is 0 Å². The molecule has 0 aliphatic carbocycles. The molecule has 0 bridgehead atoms. The van der Waals surface area contributed by atoms with E-state index in [-0.39, 0.29) is 0 Å². The van der Waals surface area contributed by atoms with Crippen molar-refractivity contribution in [3.63, 3.8) is 0 Å². The summed E-state index contributed by atoms with van der Waals surface area (Å²) in [7, 11) is 6.16. The first kappa shape index (κ1) is 13.5. The number of methoxy groups -OCH3 is 1. The predicted octanol–water partition coefficient (Wildman–Crippen LogP) is 1.62. The SMILES string of the molecule is COCCN(C)CC1Cc2ccccc2CN1C. The molecule has 18 heavy (non-hydrogen) atoms. The molecular formula is C15H24N2O. The zero-order chi connectivity index (χ0) is 13.0. The zero-order valence-corrected chi connectivity index (χ0v) is 11.7. The maximum absolute atomic E-state index is 5.13. The van der Waals surface area contributed by atoms with Crippen LogP contribution in [0.4, 0.5) is 0 Å². The molecule has 100 valence electrons. The van der Waals surface area contributed by atoms with Crippen LogP contribution in [0.25, 0.3) is 0 Å². The zero-order valence-electron chi connectivity index (χ0n) is 11.7. The summed E-state index contributed by atoms with van der Waals surface area (Å²) in [5.41, 5.74) is 3.00. The fourth-order valence-electron chi connectivity index (χ4n) is 2.62. The van der Waals surface area contributed by atoms with Crippen molar-refractivity contribution in [2.24, 2.45) is 0 Å². The van der Waals surface area contributed by atoms with Gasteiger partial charge in [-0.2, -0.15) is 0 Å². The number of nitrogens with zero attached hydrogens (tertiary/aromatic N) is 2. The van der Waals surface area contributed by atoms with Gasteiger partial charge in [0.15, 0.2) is 0 Å². The minimum absolute atomic E-state index is 0.613. The number of ether oxygens (including phenoxy) is 1. The van der Waals surface area contributed by atoms with Crippen LogP contribution in [-0.4, -0.2) is 56.7 Å². The Morgan fingerprint density at radius 1 is 1.33 bits per heavy atom. The number of fused-ring (bicyclic) bond motifs is 1. The lowest BCUT2D eigenvalue weighted by Crippen LogP contribution is -2.45. The molecule has 1 heterocycles. The van der Waals surface area contributed by atoms with Crippen molar-refractivity contribution < 1.29 is 4.74 Å². The van der Waals surface area contributed by atoms with Crippen molar-refractivity contribution in [1.82, 2.24) is 9.80 Å². The average Bonchev–Trinajstić information content (AvgIpc) is 2.37. The van der Waals surface area contributed by atoms with Gasteiger partial charge in [-0.3, -0.25) is 4.90 Å². The second kappa shape index (κ2) is 6.32. The Kier molecular flexibility index (Phi) is 4.75. The molecule has 0 N–H and O–H groups in total. The Hall–Kier alpha value is -0.900. The monoisotopic (exact) mass is 248 g/mol. The topological polar surface area (TPSA) is 15.7 Å². The summed E-state index contributed by atoms with van der Waals surface area (Å²) >= 11 is 0. The number of hydrogen-bond acceptors (Lipinski definition) is 3. The lowest BCUT2D eigenvalue weighted by Gasteiger charge is -2.36. The number of likely N-dealkylation sites (N-methyl/N-ethyl adjacent to an activating group) is 2. The van der Waals surface area contributed by atoms with E-state index in [0.29, 0.717) is 6.04 Å². The minimum atomic E-state index is 0.613. The smallest absolute Gasteiger partial charge is 0.0589 e. The molecule has 1 unspecified atom stereocenters. The normalized spacial score (nSPS) is 20.1. The van der Waals surface area contributed by atoms with Gasteiger partial charge in [-0.1, -0.05) is 24.3 Å². The third-order valence-electron chi connectivity index (χ3n) is 3.82. The van der Waals surface area contributed by atoms with Crippen LogP contribution in [0.1, 0.15) is 11.1 Å². The van der Waals surface area contributed by atoms with Crippen LogP contribution in [0.5, 0.6) is 0 Å². The molecule has 1 aromatic rings. The summed E-state index contributed by atoms with van der Waals surface area (Å²) in [6, 6.07) is 9.41. The molecule has 1 aliphatic heterocycles. The fourth-order valence-corrected chi connectivity index (χ4v) is 2.62. The molecule has 0 amide bonds. The maximum Gasteiger partial charge on any atom is 0.0589 e. The van der Waals surface area contributed by atoms with E-state index in [0.717, 1.165) is 32.7 Å². The van der Waals surface area contributed by atoms with E-state index in [2.05, 4.69) is 48.2 Å². The summed E-state index contributed by atoms with van der Waals surface area (Å²) in [5, 5.41) is 0. The van der Waals surface area contributed by atoms with Gasteiger partial charge < -0.3 is 9.64 Å². The van der Waals surface area contributed by atoms with Gasteiger partial charge in [0.1, 0.15) is 0 Å². The minimum Gasteiger partial charge on any atom is -0.383 e. The predicted molar refractivity (Wildman–Crippen MR) is 74.8 cm³/mol. The molecule has 0 spiro atoms. The van der Waals surface area contributed by atoms with Crippen LogP contribution in [0, 0.1) is 0 Å². The highest BCUT2D eigenvalue weighted by atomic mass is 16.5. The second-order valence-electron chi connectivity index (χ2n) is 5.30. The van der Waals surface area contributed by atoms with Crippen molar-refractivity contribution in [2.75, 3.05) is 40.9 Å². The van der Waals surface area contributed by atoms with Crippen molar-refractivity contribution >= 4 is 0 Å². The van der Waals surface area contributed by atoms with Crippen LogP contribution >= 0.6 is 0 Å². The Balaban J connectivity index is 1.95. The number of rotatable bonds is 5. The fraction of sp³-hybridized carbons (Fsp3) is 0.600. The first-order chi connectivity index (χ1) is 8.70. The van der Waals surface area contributed by atoms with Gasteiger partial charge in [0.25, 0.3) is 0 Å². The molecule has 0 saturated carbocycles. The molecule has 1 aromatic carbocycles. The first-order valence-electron chi connectivity index (χ1n) is 6.65. The maximum atomic E-state index is 5.13. The van der Waals surface area contributed by atoms with E-state index in [9.17, 15) is 0 Å². The van der Waals surface area contributed by atoms with Gasteiger partial charge >= 0.3 is 0 Å². The van der Waals surface area contributed by atoms with Crippen molar-refractivity contribution in [1.29, 1.82) is 0 Å². The van der Waals surface area contributed by atoms with Gasteiger partial charge in [0.05, 0.1) is 6.61 Å². The van der Waals surface area contributed by atoms with E-state index in [1.165, 1.54) is 11.1 Å². The lowest BCUT2D eigenvalue weighted by atomic mass is 9.94. The molecule has 0 fully saturated rings. The van der Waals surface area contributed by atoms with E-state index in [1.807, 2.05) is 0 Å². The third kappa shape index (κ3) is 3.31. The van der Waals surface area contributed by atoms with E-state index in [1.54, 1.807) is 7.11 Å². The molecule has 1 aliphatic rings. The van der Waals surface area contributed by atoms with Gasteiger partial charge in [-0.05, 0) is 31.6 Å². The number of benzene rings is 1. The average molecular weight is 248 g/mol. The quantitative estimate of drug-likeness (QED) is 0.787. The lowest BCUT2D eigenvalue weighted by molar-refractivity contribution is 0.126. The van der Waals surface area contributed by atoms with Crippen LogP contribution < -0.4 is 0 Å². The molecule has 0 radical (unpaired) electrons. The molecule has 2 rings (SSSR count). The summed E-state index contributed by atoms with van der Waals surface area (Å²) in [5.74, 6) is 0. The van der Waals surface area contributed by atoms with E-state index >= 15 is 0 Å². The van der Waals surface area contributed by atoms with E-state index < -0.39 is 0 Å². The third-order valence-corrected chi connectivity index (χ3v) is 3.82. The van der Waals surface area contributed by atoms with Gasteiger partial charge in [0.2, 0.25) is 0 Å². The Morgan fingerprint density at radius 2 is 2.06 bits per heavy atom. The Morgan fingerprint density at radius 3 is 2.78 bits per heavy atom. The summed E-state index contributed by atoms with van der Waals surface area (Å²) in [4.78, 5) is 4.82. The van der Waals surface area contributed by atoms with E-state index in [4.69, 9.17) is 4.74 Å². The summed E-state index contributed by atoms with van der Waals surface area (Å²) in [6.45, 7) is 3.99. The first-order valence-corrected chi connectivity index (χ1v) is 6.65. The van der Waals surface area contributed by atoms with Crippen molar-refractivity contribution in [3.05, 3.63) is 35.4 Å². The molecular weight excluding hydrogens is 224 g/mol. The van der Waals surface area contributed by atoms with Gasteiger partial charge in [-0.25, -0.2) is 0 Å². The molecule has 3 heteroatoms. The molecule has 3 nitrogen and oxygen atoms in total. The van der Waals surface area contributed by atoms with Crippen LogP contribution in [0.3, 0.4) is 0 Å². The largest absolute Gasteiger partial charge is 0.383 e. The molecule has 0 aromatic heterocycles. The van der Waals surface area contributed by atoms with Crippen LogP contribution in [0.15, 0.2) is 24.3 Å². The van der Waals surface area contributed by atoms with Gasteiger partial charge in [-0.15, -0.1) is 0 Å². The highest BCUT2D eigenvalue weighted by Gasteiger charge is 2.23. The van der Waals surface area contributed by atoms with Crippen LogP contribution in [-0.2, 0) is 17.7 Å². The van der Waals surface area contributed by atoms with Crippen LogP contribution in [0.2, 0.25) is 0 Å². The molecule has 0 saturated heterocycles. The second-order valence-corrected chi connectivity index (χ2v) is 5.30.